The Morgan fingerprint density at radius 1 is 1.39 bits per heavy atom. The summed E-state index contributed by atoms with van der Waals surface area (Å²) in [6.07, 6.45) is 0.932. The molecule has 1 aliphatic rings. The molecule has 0 spiro atoms. The van der Waals surface area contributed by atoms with Gasteiger partial charge in [-0.25, -0.2) is 0 Å². The van der Waals surface area contributed by atoms with Crippen LogP contribution >= 0.6 is 12.4 Å². The summed E-state index contributed by atoms with van der Waals surface area (Å²) in [6, 6.07) is 5.10. The molecule has 0 aromatic heterocycles. The second-order valence-electron chi connectivity index (χ2n) is 5.68. The average Bonchev–Trinajstić information content (AvgIpc) is 2.53. The predicted molar refractivity (Wildman–Crippen MR) is 92.2 cm³/mol. The van der Waals surface area contributed by atoms with Crippen molar-refractivity contribution in [1.29, 1.82) is 0 Å². The van der Waals surface area contributed by atoms with Gasteiger partial charge in [0.25, 0.3) is 11.8 Å². The van der Waals surface area contributed by atoms with Crippen molar-refractivity contribution < 1.29 is 14.3 Å². The number of rotatable bonds is 5. The van der Waals surface area contributed by atoms with E-state index in [0.717, 1.165) is 12.8 Å². The minimum atomic E-state index is -0.624. The van der Waals surface area contributed by atoms with Gasteiger partial charge in [-0.2, -0.15) is 0 Å². The number of halogens is 1. The van der Waals surface area contributed by atoms with Gasteiger partial charge in [0.05, 0.1) is 11.3 Å². The van der Waals surface area contributed by atoms with Gasteiger partial charge < -0.3 is 21.1 Å². The Morgan fingerprint density at radius 3 is 2.65 bits per heavy atom. The molecule has 0 radical (unpaired) electrons. The largest absolute Gasteiger partial charge is 0.478 e. The van der Waals surface area contributed by atoms with E-state index in [9.17, 15) is 9.59 Å². The molecule has 23 heavy (non-hydrogen) atoms. The fraction of sp³-hybridized carbons (Fsp3) is 0.500. The van der Waals surface area contributed by atoms with E-state index in [4.69, 9.17) is 10.5 Å². The van der Waals surface area contributed by atoms with E-state index in [1.165, 1.54) is 0 Å². The first kappa shape index (κ1) is 19.3. The van der Waals surface area contributed by atoms with Crippen LogP contribution in [0.5, 0.6) is 5.75 Å². The third-order valence-corrected chi connectivity index (χ3v) is 4.19. The van der Waals surface area contributed by atoms with Crippen LogP contribution < -0.4 is 21.1 Å². The molecule has 1 atom stereocenters. The Bertz CT molecular complexity index is 588. The van der Waals surface area contributed by atoms with Crippen LogP contribution in [0, 0.1) is 0 Å². The van der Waals surface area contributed by atoms with Crippen LogP contribution in [0.2, 0.25) is 0 Å². The fourth-order valence-electron chi connectivity index (χ4n) is 2.26. The van der Waals surface area contributed by atoms with Crippen molar-refractivity contribution in [2.45, 2.75) is 45.3 Å². The molecule has 2 rings (SSSR count). The number of carbonyl (C=O) groups excluding carboxylic acids is 2. The van der Waals surface area contributed by atoms with E-state index in [1.54, 1.807) is 25.1 Å². The number of para-hydroxylation sites is 1. The van der Waals surface area contributed by atoms with E-state index in [2.05, 4.69) is 10.6 Å². The zero-order valence-corrected chi connectivity index (χ0v) is 14.5. The third-order valence-electron chi connectivity index (χ3n) is 4.19. The summed E-state index contributed by atoms with van der Waals surface area (Å²) >= 11 is 0. The van der Waals surface area contributed by atoms with Crippen molar-refractivity contribution in [3.05, 3.63) is 23.8 Å². The maximum absolute atomic E-state index is 12.4. The summed E-state index contributed by atoms with van der Waals surface area (Å²) in [7, 11) is 0. The molecule has 4 N–H and O–H groups in total. The molecule has 6 nitrogen and oxygen atoms in total. The summed E-state index contributed by atoms with van der Waals surface area (Å²) in [6.45, 7) is 6.04. The molecule has 7 heteroatoms. The molecular weight excluding hydrogens is 318 g/mol. The van der Waals surface area contributed by atoms with Gasteiger partial charge in [0.1, 0.15) is 0 Å². The Labute approximate surface area is 142 Å². The van der Waals surface area contributed by atoms with Gasteiger partial charge in [-0.05, 0) is 31.9 Å². The average molecular weight is 342 g/mol. The molecule has 1 aromatic rings. The molecule has 1 heterocycles. The molecule has 128 valence electrons. The van der Waals surface area contributed by atoms with Gasteiger partial charge in [0.15, 0.2) is 11.9 Å². The van der Waals surface area contributed by atoms with Gasteiger partial charge in [0, 0.05) is 12.1 Å². The molecular formula is C16H24ClN3O3. The first-order valence-corrected chi connectivity index (χ1v) is 7.58. The van der Waals surface area contributed by atoms with E-state index in [1.807, 2.05) is 13.8 Å². The highest BCUT2D eigenvalue weighted by atomic mass is 35.5. The minimum absolute atomic E-state index is 0. The number of anilines is 1. The van der Waals surface area contributed by atoms with E-state index in [0.29, 0.717) is 23.5 Å². The van der Waals surface area contributed by atoms with Crippen LogP contribution in [-0.4, -0.2) is 30.0 Å². The third kappa shape index (κ3) is 4.14. The highest BCUT2D eigenvalue weighted by Gasteiger charge is 2.28. The lowest BCUT2D eigenvalue weighted by Crippen LogP contribution is -2.49. The van der Waals surface area contributed by atoms with Crippen molar-refractivity contribution >= 4 is 29.9 Å². The van der Waals surface area contributed by atoms with Crippen molar-refractivity contribution in [3.63, 3.8) is 0 Å². The van der Waals surface area contributed by atoms with Crippen molar-refractivity contribution in [2.75, 3.05) is 11.9 Å². The van der Waals surface area contributed by atoms with Crippen LogP contribution in [0.15, 0.2) is 18.2 Å². The first-order chi connectivity index (χ1) is 10.4. The number of fused-ring (bicyclic) bond motifs is 1. The van der Waals surface area contributed by atoms with E-state index >= 15 is 0 Å². The first-order valence-electron chi connectivity index (χ1n) is 7.58. The van der Waals surface area contributed by atoms with Crippen LogP contribution in [0.3, 0.4) is 0 Å². The Balaban J connectivity index is 0.00000264. The van der Waals surface area contributed by atoms with E-state index in [-0.39, 0.29) is 24.2 Å². The summed E-state index contributed by atoms with van der Waals surface area (Å²) in [5, 5.41) is 5.59. The quantitative estimate of drug-likeness (QED) is 0.764. The van der Waals surface area contributed by atoms with Crippen LogP contribution in [0.25, 0.3) is 0 Å². The number of hydrogen-bond acceptors (Lipinski definition) is 4. The van der Waals surface area contributed by atoms with Gasteiger partial charge in [-0.1, -0.05) is 19.9 Å². The van der Waals surface area contributed by atoms with Crippen LogP contribution in [0.1, 0.15) is 44.0 Å². The molecule has 1 unspecified atom stereocenters. The molecule has 1 aliphatic heterocycles. The molecule has 0 bridgehead atoms. The molecule has 1 aromatic carbocycles. The van der Waals surface area contributed by atoms with Gasteiger partial charge >= 0.3 is 0 Å². The second-order valence-corrected chi connectivity index (χ2v) is 5.68. The van der Waals surface area contributed by atoms with Gasteiger partial charge in [-0.3, -0.25) is 9.59 Å². The normalized spacial score (nSPS) is 16.5. The summed E-state index contributed by atoms with van der Waals surface area (Å²) in [4.78, 5) is 24.0. The van der Waals surface area contributed by atoms with Crippen molar-refractivity contribution in [1.82, 2.24) is 5.32 Å². The maximum Gasteiger partial charge on any atom is 0.265 e. The number of amides is 2. The summed E-state index contributed by atoms with van der Waals surface area (Å²) in [5.74, 6) is -0.0670. The summed E-state index contributed by atoms with van der Waals surface area (Å²) < 4.78 is 5.58. The standard InChI is InChI=1S/C16H23N3O3.ClH/c1-4-16(17,5-2)9-18-15(21)11-7-6-8-12-13(11)22-10(3)14(20)19-12;/h6-8,10H,4-5,9,17H2,1-3H3,(H,18,21)(H,19,20);1H. The lowest BCUT2D eigenvalue weighted by atomic mass is 9.94. The fourth-order valence-corrected chi connectivity index (χ4v) is 2.26. The number of carbonyl (C=O) groups is 2. The van der Waals surface area contributed by atoms with Gasteiger partial charge in [0.2, 0.25) is 0 Å². The van der Waals surface area contributed by atoms with Crippen LogP contribution in [-0.2, 0) is 4.79 Å². The Morgan fingerprint density at radius 2 is 2.04 bits per heavy atom. The molecule has 0 fully saturated rings. The maximum atomic E-state index is 12.4. The SMILES string of the molecule is CCC(N)(CC)CNC(=O)c1cccc2c1OC(C)C(=O)N2.Cl. The smallest absolute Gasteiger partial charge is 0.265 e. The lowest BCUT2D eigenvalue weighted by molar-refractivity contribution is -0.122. The number of ether oxygens (including phenoxy) is 1. The second kappa shape index (κ2) is 7.66. The number of nitrogens with one attached hydrogen (secondary N) is 2. The summed E-state index contributed by atoms with van der Waals surface area (Å²) in [5.41, 5.74) is 6.70. The molecule has 0 saturated heterocycles. The number of hydrogen-bond donors (Lipinski definition) is 3. The van der Waals surface area contributed by atoms with Crippen molar-refractivity contribution in [2.24, 2.45) is 5.73 Å². The van der Waals surface area contributed by atoms with Crippen molar-refractivity contribution in [3.8, 4) is 5.75 Å². The van der Waals surface area contributed by atoms with E-state index < -0.39 is 11.6 Å². The Hall–Kier alpha value is -1.79. The topological polar surface area (TPSA) is 93.4 Å². The zero-order valence-electron chi connectivity index (χ0n) is 13.6. The number of benzene rings is 1. The monoisotopic (exact) mass is 341 g/mol. The van der Waals surface area contributed by atoms with Gasteiger partial charge in [-0.15, -0.1) is 12.4 Å². The molecule has 0 saturated carbocycles. The Kier molecular flexibility index (Phi) is 6.41. The highest BCUT2D eigenvalue weighted by Crippen LogP contribution is 2.33. The zero-order chi connectivity index (χ0) is 16.3. The minimum Gasteiger partial charge on any atom is -0.478 e. The predicted octanol–water partition coefficient (Wildman–Crippen LogP) is 2.08. The molecule has 0 aliphatic carbocycles. The number of nitrogens with two attached hydrogens (primary N) is 1. The molecule has 2 amide bonds. The highest BCUT2D eigenvalue weighted by molar-refractivity contribution is 6.04. The lowest BCUT2D eigenvalue weighted by Gasteiger charge is -2.28. The van der Waals surface area contributed by atoms with Crippen LogP contribution in [0.4, 0.5) is 5.69 Å².